The Labute approximate surface area is 115 Å². The molecule has 0 aliphatic rings. The second-order valence-electron chi connectivity index (χ2n) is 4.12. The third-order valence-electron chi connectivity index (χ3n) is 2.62. The number of hydrogen-bond acceptors (Lipinski definition) is 5. The number of nitrogens with zero attached hydrogens (tertiary/aromatic N) is 3. The van der Waals surface area contributed by atoms with Crippen LogP contribution in [0.5, 0.6) is 0 Å². The van der Waals surface area contributed by atoms with Gasteiger partial charge in [0.25, 0.3) is 5.16 Å². The number of nitro groups is 1. The minimum Gasteiger partial charge on any atom is -0.481 e. The van der Waals surface area contributed by atoms with Gasteiger partial charge in [-0.3, -0.25) is 4.79 Å². The number of aliphatic carboxylic acids is 1. The molecule has 0 saturated heterocycles. The standard InChI is InChI=1S/C11H17N3O4S/c1-13-9(14(17)18)8-12-11(13)19-7-5-3-2-4-6-10(15)16/h8H,2-7H2,1H3,(H,15,16). The van der Waals surface area contributed by atoms with Gasteiger partial charge in [0.2, 0.25) is 0 Å². The van der Waals surface area contributed by atoms with Gasteiger partial charge in [-0.1, -0.05) is 24.6 Å². The van der Waals surface area contributed by atoms with Crippen molar-refractivity contribution in [1.29, 1.82) is 0 Å². The molecule has 0 atom stereocenters. The summed E-state index contributed by atoms with van der Waals surface area (Å²) >= 11 is 1.48. The molecule has 19 heavy (non-hydrogen) atoms. The largest absolute Gasteiger partial charge is 0.481 e. The summed E-state index contributed by atoms with van der Waals surface area (Å²) in [5.74, 6) is 0.0633. The number of carbonyl (C=O) groups is 1. The Morgan fingerprint density at radius 3 is 2.74 bits per heavy atom. The van der Waals surface area contributed by atoms with Gasteiger partial charge in [0.15, 0.2) is 0 Å². The van der Waals surface area contributed by atoms with Crippen molar-refractivity contribution in [2.45, 2.75) is 37.3 Å². The van der Waals surface area contributed by atoms with E-state index in [1.54, 1.807) is 7.05 Å². The minimum atomic E-state index is -0.755. The van der Waals surface area contributed by atoms with Crippen molar-refractivity contribution in [3.63, 3.8) is 0 Å². The van der Waals surface area contributed by atoms with Gasteiger partial charge < -0.3 is 15.2 Å². The molecule has 106 valence electrons. The van der Waals surface area contributed by atoms with E-state index >= 15 is 0 Å². The van der Waals surface area contributed by atoms with E-state index in [-0.39, 0.29) is 12.2 Å². The van der Waals surface area contributed by atoms with Crippen molar-refractivity contribution in [1.82, 2.24) is 9.55 Å². The summed E-state index contributed by atoms with van der Waals surface area (Å²) in [5, 5.41) is 19.7. The van der Waals surface area contributed by atoms with E-state index in [9.17, 15) is 14.9 Å². The van der Waals surface area contributed by atoms with Crippen LogP contribution in [-0.2, 0) is 11.8 Å². The zero-order chi connectivity index (χ0) is 14.3. The summed E-state index contributed by atoms with van der Waals surface area (Å²) < 4.78 is 1.47. The summed E-state index contributed by atoms with van der Waals surface area (Å²) in [5.41, 5.74) is 0. The van der Waals surface area contributed by atoms with Crippen LogP contribution in [0.15, 0.2) is 11.4 Å². The van der Waals surface area contributed by atoms with Crippen LogP contribution in [0.1, 0.15) is 32.1 Å². The van der Waals surface area contributed by atoms with Crippen molar-refractivity contribution in [2.75, 3.05) is 5.75 Å². The maximum Gasteiger partial charge on any atom is 0.343 e. The first-order valence-electron chi connectivity index (χ1n) is 6.03. The molecule has 1 aromatic heterocycles. The highest BCUT2D eigenvalue weighted by molar-refractivity contribution is 7.99. The third-order valence-corrected chi connectivity index (χ3v) is 3.75. The van der Waals surface area contributed by atoms with Crippen molar-refractivity contribution in [3.05, 3.63) is 16.3 Å². The molecule has 1 rings (SSSR count). The summed E-state index contributed by atoms with van der Waals surface area (Å²) in [6, 6.07) is 0. The van der Waals surface area contributed by atoms with Gasteiger partial charge in [-0.05, 0) is 17.8 Å². The fourth-order valence-corrected chi connectivity index (χ4v) is 2.53. The molecule has 7 nitrogen and oxygen atoms in total. The number of rotatable bonds is 9. The molecule has 0 fully saturated rings. The Morgan fingerprint density at radius 2 is 2.16 bits per heavy atom. The number of imidazole rings is 1. The van der Waals surface area contributed by atoms with Gasteiger partial charge in [-0.2, -0.15) is 0 Å². The number of aromatic nitrogens is 2. The highest BCUT2D eigenvalue weighted by Crippen LogP contribution is 2.22. The molecule has 0 amide bonds. The zero-order valence-electron chi connectivity index (χ0n) is 10.7. The lowest BCUT2D eigenvalue weighted by molar-refractivity contribution is -0.392. The quantitative estimate of drug-likeness (QED) is 0.324. The lowest BCUT2D eigenvalue weighted by Crippen LogP contribution is -1.98. The fraction of sp³-hybridized carbons (Fsp3) is 0.636. The molecule has 0 aliphatic carbocycles. The smallest absolute Gasteiger partial charge is 0.343 e. The van der Waals surface area contributed by atoms with E-state index in [0.29, 0.717) is 11.6 Å². The van der Waals surface area contributed by atoms with Crippen LogP contribution in [0.2, 0.25) is 0 Å². The average Bonchev–Trinajstić information content (AvgIpc) is 2.69. The van der Waals surface area contributed by atoms with E-state index < -0.39 is 10.9 Å². The molecular weight excluding hydrogens is 270 g/mol. The Bertz CT molecular complexity index is 447. The molecule has 8 heteroatoms. The van der Waals surface area contributed by atoms with Crippen LogP contribution in [0.4, 0.5) is 5.82 Å². The van der Waals surface area contributed by atoms with E-state index in [4.69, 9.17) is 5.11 Å². The number of carboxylic acids is 1. The van der Waals surface area contributed by atoms with Gasteiger partial charge in [0.05, 0.1) is 7.05 Å². The molecule has 1 heterocycles. The van der Waals surface area contributed by atoms with E-state index in [0.717, 1.165) is 25.0 Å². The van der Waals surface area contributed by atoms with E-state index in [1.165, 1.54) is 22.5 Å². The maximum absolute atomic E-state index is 10.6. The lowest BCUT2D eigenvalue weighted by Gasteiger charge is -2.00. The second-order valence-corrected chi connectivity index (χ2v) is 5.18. The molecule has 0 saturated carbocycles. The van der Waals surface area contributed by atoms with E-state index in [2.05, 4.69) is 4.98 Å². The number of carboxylic acid groups (broad SMARTS) is 1. The first kappa shape index (κ1) is 15.5. The molecule has 0 aromatic carbocycles. The first-order valence-corrected chi connectivity index (χ1v) is 7.01. The number of hydrogen-bond donors (Lipinski definition) is 1. The second kappa shape index (κ2) is 7.78. The summed E-state index contributed by atoms with van der Waals surface area (Å²) in [6.07, 6.45) is 4.99. The van der Waals surface area contributed by atoms with Crippen LogP contribution < -0.4 is 0 Å². The van der Waals surface area contributed by atoms with E-state index in [1.807, 2.05) is 0 Å². The van der Waals surface area contributed by atoms with Gasteiger partial charge >= 0.3 is 11.8 Å². The van der Waals surface area contributed by atoms with Crippen LogP contribution in [0.3, 0.4) is 0 Å². The molecular formula is C11H17N3O4S. The van der Waals surface area contributed by atoms with Crippen LogP contribution >= 0.6 is 11.8 Å². The van der Waals surface area contributed by atoms with Crippen molar-refractivity contribution < 1.29 is 14.8 Å². The number of thioether (sulfide) groups is 1. The fourth-order valence-electron chi connectivity index (χ4n) is 1.58. The molecule has 0 bridgehead atoms. The Hall–Kier alpha value is -1.57. The zero-order valence-corrected chi connectivity index (χ0v) is 11.6. The third kappa shape index (κ3) is 5.29. The summed E-state index contributed by atoms with van der Waals surface area (Å²) in [4.78, 5) is 24.5. The number of unbranched alkanes of at least 4 members (excludes halogenated alkanes) is 3. The minimum absolute atomic E-state index is 0.0102. The Kier molecular flexibility index (Phi) is 6.34. The Balaban J connectivity index is 2.19. The molecule has 0 aliphatic heterocycles. The van der Waals surface area contributed by atoms with Crippen LogP contribution in [0, 0.1) is 10.1 Å². The highest BCUT2D eigenvalue weighted by Gasteiger charge is 2.16. The van der Waals surface area contributed by atoms with Crippen molar-refractivity contribution in [2.24, 2.45) is 7.05 Å². The molecule has 1 aromatic rings. The molecule has 0 unspecified atom stereocenters. The highest BCUT2D eigenvalue weighted by atomic mass is 32.2. The Morgan fingerprint density at radius 1 is 1.47 bits per heavy atom. The monoisotopic (exact) mass is 287 g/mol. The SMILES string of the molecule is Cn1c([N+](=O)[O-])cnc1SCCCCCCC(=O)O. The maximum atomic E-state index is 10.6. The van der Waals surface area contributed by atoms with Crippen LogP contribution in [0.25, 0.3) is 0 Å². The lowest BCUT2D eigenvalue weighted by atomic mass is 10.2. The predicted octanol–water partition coefficient (Wildman–Crippen LogP) is 2.46. The van der Waals surface area contributed by atoms with Gasteiger partial charge in [0.1, 0.15) is 6.20 Å². The van der Waals surface area contributed by atoms with Gasteiger partial charge in [-0.25, -0.2) is 9.55 Å². The normalized spacial score (nSPS) is 10.6. The summed E-state index contributed by atoms with van der Waals surface area (Å²) in [7, 11) is 1.63. The first-order chi connectivity index (χ1) is 9.02. The molecule has 1 N–H and O–H groups in total. The molecule has 0 radical (unpaired) electrons. The van der Waals surface area contributed by atoms with Gasteiger partial charge in [-0.15, -0.1) is 0 Å². The van der Waals surface area contributed by atoms with Crippen LogP contribution in [-0.4, -0.2) is 31.3 Å². The average molecular weight is 287 g/mol. The summed E-state index contributed by atoms with van der Waals surface area (Å²) in [6.45, 7) is 0. The predicted molar refractivity (Wildman–Crippen MR) is 71.3 cm³/mol. The molecule has 0 spiro atoms. The van der Waals surface area contributed by atoms with Crippen molar-refractivity contribution >= 4 is 23.5 Å². The topological polar surface area (TPSA) is 98.3 Å². The van der Waals surface area contributed by atoms with Crippen molar-refractivity contribution in [3.8, 4) is 0 Å². The van der Waals surface area contributed by atoms with Gasteiger partial charge in [0, 0.05) is 12.2 Å².